The van der Waals surface area contributed by atoms with Gasteiger partial charge in [0.1, 0.15) is 0 Å². The molecule has 0 spiro atoms. The smallest absolute Gasteiger partial charge is 0.0569 e. The molecule has 1 heterocycles. The van der Waals surface area contributed by atoms with E-state index in [0.717, 1.165) is 0 Å². The van der Waals surface area contributed by atoms with Gasteiger partial charge in [-0.1, -0.05) is 0 Å². The first-order valence-electron chi connectivity index (χ1n) is 3.49. The van der Waals surface area contributed by atoms with E-state index in [1.807, 2.05) is 12.3 Å². The second-order valence-electron chi connectivity index (χ2n) is 2.40. The molecule has 0 bridgehead atoms. The van der Waals surface area contributed by atoms with Crippen LogP contribution in [0.3, 0.4) is 0 Å². The summed E-state index contributed by atoms with van der Waals surface area (Å²) >= 11 is 0. The molecule has 3 heteroatoms. The summed E-state index contributed by atoms with van der Waals surface area (Å²) in [6, 6.07) is 1.88. The molecule has 0 saturated heterocycles. The number of rotatable bonds is 3. The molecule has 0 fully saturated rings. The molecule has 58 valence electrons. The van der Waals surface area contributed by atoms with Crippen molar-refractivity contribution in [2.24, 2.45) is 5.73 Å². The highest BCUT2D eigenvalue weighted by atomic mass is 15.3. The van der Waals surface area contributed by atoms with Crippen molar-refractivity contribution in [3.05, 3.63) is 18.5 Å². The molecule has 0 saturated carbocycles. The highest BCUT2D eigenvalue weighted by molar-refractivity contribution is 4.89. The van der Waals surface area contributed by atoms with E-state index < -0.39 is 0 Å². The van der Waals surface area contributed by atoms with E-state index in [-0.39, 0.29) is 6.04 Å². The van der Waals surface area contributed by atoms with E-state index in [1.165, 1.54) is 0 Å². The van der Waals surface area contributed by atoms with Gasteiger partial charge in [-0.25, -0.2) is 0 Å². The third-order valence-electron chi connectivity index (χ3n) is 1.36. The van der Waals surface area contributed by atoms with Gasteiger partial charge in [-0.15, -0.1) is 12.3 Å². The Morgan fingerprint density at radius 1 is 1.73 bits per heavy atom. The third kappa shape index (κ3) is 2.44. The Morgan fingerprint density at radius 2 is 2.55 bits per heavy atom. The van der Waals surface area contributed by atoms with E-state index >= 15 is 0 Å². The third-order valence-corrected chi connectivity index (χ3v) is 1.36. The number of terminal acetylenes is 1. The van der Waals surface area contributed by atoms with E-state index in [4.69, 9.17) is 12.2 Å². The van der Waals surface area contributed by atoms with E-state index in [9.17, 15) is 0 Å². The largest absolute Gasteiger partial charge is 0.325 e. The highest BCUT2D eigenvalue weighted by Gasteiger charge is 2.00. The lowest BCUT2D eigenvalue weighted by molar-refractivity contribution is 0.518. The van der Waals surface area contributed by atoms with Crippen LogP contribution >= 0.6 is 0 Å². The van der Waals surface area contributed by atoms with Gasteiger partial charge in [0, 0.05) is 24.9 Å². The quantitative estimate of drug-likeness (QED) is 0.625. The highest BCUT2D eigenvalue weighted by Crippen LogP contribution is 1.91. The molecule has 2 N–H and O–H groups in total. The summed E-state index contributed by atoms with van der Waals surface area (Å²) < 4.78 is 1.78. The average Bonchev–Trinajstić information content (AvgIpc) is 2.40. The van der Waals surface area contributed by atoms with Crippen LogP contribution in [0.15, 0.2) is 18.5 Å². The maximum Gasteiger partial charge on any atom is 0.0569 e. The Labute approximate surface area is 66.2 Å². The molecule has 1 rings (SSSR count). The molecule has 1 aromatic heterocycles. The van der Waals surface area contributed by atoms with Crippen LogP contribution in [0.5, 0.6) is 0 Å². The molecular formula is C8H11N3. The number of aromatic nitrogens is 2. The van der Waals surface area contributed by atoms with Gasteiger partial charge in [0.25, 0.3) is 0 Å². The zero-order valence-corrected chi connectivity index (χ0v) is 6.27. The lowest BCUT2D eigenvalue weighted by Crippen LogP contribution is -2.25. The number of nitrogens with zero attached hydrogens (tertiary/aromatic N) is 2. The van der Waals surface area contributed by atoms with Gasteiger partial charge in [-0.05, 0) is 6.07 Å². The molecular weight excluding hydrogens is 138 g/mol. The second-order valence-corrected chi connectivity index (χ2v) is 2.40. The minimum absolute atomic E-state index is 0.0138. The van der Waals surface area contributed by atoms with Crippen molar-refractivity contribution >= 4 is 0 Å². The van der Waals surface area contributed by atoms with Gasteiger partial charge in [0.2, 0.25) is 0 Å². The first-order chi connectivity index (χ1) is 5.33. The molecule has 0 aliphatic heterocycles. The minimum Gasteiger partial charge on any atom is -0.325 e. The van der Waals surface area contributed by atoms with Crippen LogP contribution in [-0.2, 0) is 6.54 Å². The fraction of sp³-hybridized carbons (Fsp3) is 0.375. The van der Waals surface area contributed by atoms with E-state index in [2.05, 4.69) is 11.0 Å². The zero-order valence-electron chi connectivity index (χ0n) is 6.27. The molecule has 0 aliphatic carbocycles. The summed E-state index contributed by atoms with van der Waals surface area (Å²) in [5.74, 6) is 2.51. The van der Waals surface area contributed by atoms with E-state index in [1.54, 1.807) is 10.9 Å². The lowest BCUT2D eigenvalue weighted by atomic mass is 10.2. The molecule has 11 heavy (non-hydrogen) atoms. The molecule has 0 aromatic carbocycles. The van der Waals surface area contributed by atoms with Gasteiger partial charge in [0.05, 0.1) is 6.54 Å². The topological polar surface area (TPSA) is 43.8 Å². The van der Waals surface area contributed by atoms with Crippen molar-refractivity contribution in [1.29, 1.82) is 0 Å². The first kappa shape index (κ1) is 7.83. The van der Waals surface area contributed by atoms with Gasteiger partial charge in [-0.3, -0.25) is 4.68 Å². The number of nitrogens with two attached hydrogens (primary N) is 1. The Kier molecular flexibility index (Phi) is 2.70. The van der Waals surface area contributed by atoms with Gasteiger partial charge in [0.15, 0.2) is 0 Å². The maximum absolute atomic E-state index is 5.67. The van der Waals surface area contributed by atoms with Crippen LogP contribution in [-0.4, -0.2) is 15.8 Å². The fourth-order valence-electron chi connectivity index (χ4n) is 0.865. The predicted molar refractivity (Wildman–Crippen MR) is 43.7 cm³/mol. The van der Waals surface area contributed by atoms with Gasteiger partial charge < -0.3 is 5.73 Å². The van der Waals surface area contributed by atoms with E-state index in [0.29, 0.717) is 13.0 Å². The van der Waals surface area contributed by atoms with Crippen molar-refractivity contribution in [2.45, 2.75) is 19.0 Å². The zero-order chi connectivity index (χ0) is 8.10. The molecule has 3 nitrogen and oxygen atoms in total. The second kappa shape index (κ2) is 3.79. The van der Waals surface area contributed by atoms with Crippen LogP contribution in [0.4, 0.5) is 0 Å². The first-order valence-corrected chi connectivity index (χ1v) is 3.49. The molecule has 1 unspecified atom stereocenters. The van der Waals surface area contributed by atoms with Gasteiger partial charge >= 0.3 is 0 Å². The molecule has 0 aliphatic rings. The summed E-state index contributed by atoms with van der Waals surface area (Å²) in [4.78, 5) is 0. The molecule has 0 amide bonds. The van der Waals surface area contributed by atoms with Crippen LogP contribution in [0, 0.1) is 12.3 Å². The van der Waals surface area contributed by atoms with Crippen molar-refractivity contribution in [1.82, 2.24) is 9.78 Å². The van der Waals surface area contributed by atoms with Crippen molar-refractivity contribution in [3.8, 4) is 12.3 Å². The Bertz CT molecular complexity index is 232. The average molecular weight is 149 g/mol. The molecule has 1 atom stereocenters. The molecule has 0 radical (unpaired) electrons. The van der Waals surface area contributed by atoms with Crippen molar-refractivity contribution in [3.63, 3.8) is 0 Å². The normalized spacial score (nSPS) is 12.4. The van der Waals surface area contributed by atoms with Crippen LogP contribution in [0.25, 0.3) is 0 Å². The van der Waals surface area contributed by atoms with Gasteiger partial charge in [-0.2, -0.15) is 5.10 Å². The predicted octanol–water partition coefficient (Wildman–Crippen LogP) is 0.234. The van der Waals surface area contributed by atoms with Crippen LogP contribution < -0.4 is 5.73 Å². The fourth-order valence-corrected chi connectivity index (χ4v) is 0.865. The Balaban J connectivity index is 2.38. The number of hydrogen-bond donors (Lipinski definition) is 1. The summed E-state index contributed by atoms with van der Waals surface area (Å²) in [6.45, 7) is 0.692. The number of hydrogen-bond acceptors (Lipinski definition) is 2. The maximum atomic E-state index is 5.67. The SMILES string of the molecule is C#CCC(N)Cn1cccn1. The van der Waals surface area contributed by atoms with Crippen molar-refractivity contribution < 1.29 is 0 Å². The van der Waals surface area contributed by atoms with Crippen molar-refractivity contribution in [2.75, 3.05) is 0 Å². The molecule has 1 aromatic rings. The summed E-state index contributed by atoms with van der Waals surface area (Å²) in [6.07, 6.45) is 9.29. The minimum atomic E-state index is 0.0138. The summed E-state index contributed by atoms with van der Waals surface area (Å²) in [5.41, 5.74) is 5.67. The Hall–Kier alpha value is -1.27. The van der Waals surface area contributed by atoms with Crippen LogP contribution in [0.2, 0.25) is 0 Å². The standard InChI is InChI=1S/C8H11N3/c1-2-4-8(9)7-11-6-3-5-10-11/h1,3,5-6,8H,4,7,9H2. The summed E-state index contributed by atoms with van der Waals surface area (Å²) in [7, 11) is 0. The lowest BCUT2D eigenvalue weighted by Gasteiger charge is -2.06. The van der Waals surface area contributed by atoms with Crippen LogP contribution in [0.1, 0.15) is 6.42 Å². The monoisotopic (exact) mass is 149 g/mol. The Morgan fingerprint density at radius 3 is 3.09 bits per heavy atom. The summed E-state index contributed by atoms with van der Waals surface area (Å²) in [5, 5.41) is 4.01.